The molecule has 2 heterocycles. The van der Waals surface area contributed by atoms with Crippen LogP contribution in [0.1, 0.15) is 33.7 Å². The number of nitrogens with zero attached hydrogens (tertiary/aromatic N) is 3. The van der Waals surface area contributed by atoms with Crippen molar-refractivity contribution in [1.29, 1.82) is 0 Å². The van der Waals surface area contributed by atoms with Crippen molar-refractivity contribution in [3.63, 3.8) is 0 Å². The first-order chi connectivity index (χ1) is 9.01. The van der Waals surface area contributed by atoms with Crippen LogP contribution in [0.4, 0.5) is 5.69 Å². The molecule has 2 N–H and O–H groups in total. The predicted octanol–water partition coefficient (Wildman–Crippen LogP) is 0.921. The number of aromatic carboxylic acids is 1. The highest BCUT2D eigenvalue weighted by molar-refractivity contribution is 6.04. The number of aromatic nitrogens is 3. The van der Waals surface area contributed by atoms with Crippen molar-refractivity contribution in [3.05, 3.63) is 29.4 Å². The van der Waals surface area contributed by atoms with Gasteiger partial charge in [-0.3, -0.25) is 9.48 Å². The Bertz CT molecular complexity index is 628. The lowest BCUT2D eigenvalue weighted by Crippen LogP contribution is -2.13. The molecular formula is C11H12N4O4. The molecule has 2 rings (SSSR count). The van der Waals surface area contributed by atoms with Crippen LogP contribution < -0.4 is 5.32 Å². The lowest BCUT2D eigenvalue weighted by Gasteiger charge is -2.00. The molecule has 0 atom stereocenters. The third kappa shape index (κ3) is 2.62. The minimum absolute atomic E-state index is 0.0942. The Morgan fingerprint density at radius 2 is 2.26 bits per heavy atom. The van der Waals surface area contributed by atoms with Crippen molar-refractivity contribution in [1.82, 2.24) is 14.9 Å². The summed E-state index contributed by atoms with van der Waals surface area (Å²) in [6.07, 6.45) is 2.32. The number of carboxylic acid groups (broad SMARTS) is 1. The SMILES string of the molecule is CCc1nn(C)cc1NC(=O)c1cc(C(=O)O)on1. The summed E-state index contributed by atoms with van der Waals surface area (Å²) in [5, 5.41) is 18.9. The molecule has 100 valence electrons. The van der Waals surface area contributed by atoms with Gasteiger partial charge in [0.25, 0.3) is 5.91 Å². The van der Waals surface area contributed by atoms with E-state index in [2.05, 4.69) is 20.1 Å². The van der Waals surface area contributed by atoms with E-state index in [1.165, 1.54) is 0 Å². The van der Waals surface area contributed by atoms with Gasteiger partial charge in [-0.25, -0.2) is 4.79 Å². The molecule has 1 amide bonds. The number of carboxylic acids is 1. The highest BCUT2D eigenvalue weighted by atomic mass is 16.5. The van der Waals surface area contributed by atoms with E-state index in [1.54, 1.807) is 17.9 Å². The molecule has 0 aliphatic heterocycles. The summed E-state index contributed by atoms with van der Waals surface area (Å²) in [7, 11) is 1.74. The number of carbonyl (C=O) groups is 2. The largest absolute Gasteiger partial charge is 0.475 e. The monoisotopic (exact) mass is 264 g/mol. The van der Waals surface area contributed by atoms with Crippen LogP contribution in [0.2, 0.25) is 0 Å². The Labute approximate surface area is 108 Å². The third-order valence-electron chi connectivity index (χ3n) is 2.44. The van der Waals surface area contributed by atoms with Crippen LogP contribution in [0.15, 0.2) is 16.8 Å². The van der Waals surface area contributed by atoms with Gasteiger partial charge in [0.15, 0.2) is 5.69 Å². The molecule has 2 aromatic rings. The van der Waals surface area contributed by atoms with Gasteiger partial charge < -0.3 is 14.9 Å². The van der Waals surface area contributed by atoms with E-state index < -0.39 is 11.9 Å². The standard InChI is InChI=1S/C11H12N4O4/c1-3-6-8(5-15(2)13-6)12-10(16)7-4-9(11(17)18)19-14-7/h4-5H,3H2,1-2H3,(H,12,16)(H,17,18). The number of hydrogen-bond acceptors (Lipinski definition) is 5. The molecule has 0 spiro atoms. The molecule has 2 aromatic heterocycles. The summed E-state index contributed by atoms with van der Waals surface area (Å²) < 4.78 is 6.10. The van der Waals surface area contributed by atoms with Crippen LogP contribution in [0.3, 0.4) is 0 Å². The Morgan fingerprint density at radius 1 is 1.53 bits per heavy atom. The van der Waals surface area contributed by atoms with Crippen LogP contribution >= 0.6 is 0 Å². The second-order valence-corrected chi connectivity index (χ2v) is 3.85. The Balaban J connectivity index is 2.18. The lowest BCUT2D eigenvalue weighted by molar-refractivity contribution is 0.0651. The van der Waals surface area contributed by atoms with Crippen LogP contribution in [-0.2, 0) is 13.5 Å². The molecule has 19 heavy (non-hydrogen) atoms. The van der Waals surface area contributed by atoms with Crippen LogP contribution in [0.25, 0.3) is 0 Å². The molecule has 0 aromatic carbocycles. The number of hydrogen-bond donors (Lipinski definition) is 2. The first-order valence-corrected chi connectivity index (χ1v) is 5.55. The van der Waals surface area contributed by atoms with E-state index in [-0.39, 0.29) is 11.5 Å². The molecule has 8 heteroatoms. The van der Waals surface area contributed by atoms with Crippen LogP contribution in [-0.4, -0.2) is 31.9 Å². The number of nitrogens with one attached hydrogen (secondary N) is 1. The lowest BCUT2D eigenvalue weighted by atomic mass is 10.3. The van der Waals surface area contributed by atoms with E-state index >= 15 is 0 Å². The van der Waals surface area contributed by atoms with Crippen LogP contribution in [0.5, 0.6) is 0 Å². The summed E-state index contributed by atoms with van der Waals surface area (Å²) in [5.74, 6) is -2.20. The number of amides is 1. The van der Waals surface area contributed by atoms with Crippen molar-refractivity contribution >= 4 is 17.6 Å². The van der Waals surface area contributed by atoms with Gasteiger partial charge in [0.05, 0.1) is 11.4 Å². The second-order valence-electron chi connectivity index (χ2n) is 3.85. The van der Waals surface area contributed by atoms with Gasteiger partial charge in [-0.2, -0.15) is 5.10 Å². The van der Waals surface area contributed by atoms with Crippen molar-refractivity contribution in [2.24, 2.45) is 7.05 Å². The average molecular weight is 264 g/mol. The smallest absolute Gasteiger partial charge is 0.374 e. The summed E-state index contributed by atoms with van der Waals surface area (Å²) in [5.41, 5.74) is 1.20. The second kappa shape index (κ2) is 4.92. The van der Waals surface area contributed by atoms with Gasteiger partial charge in [-0.1, -0.05) is 12.1 Å². The third-order valence-corrected chi connectivity index (χ3v) is 2.44. The molecule has 0 fully saturated rings. The highest BCUT2D eigenvalue weighted by Crippen LogP contribution is 2.15. The Hall–Kier alpha value is -2.64. The van der Waals surface area contributed by atoms with Crippen molar-refractivity contribution in [2.45, 2.75) is 13.3 Å². The summed E-state index contributed by atoms with van der Waals surface area (Å²) in [4.78, 5) is 22.5. The van der Waals surface area contributed by atoms with Crippen LogP contribution in [0, 0.1) is 0 Å². The first kappa shape index (κ1) is 12.8. The van der Waals surface area contributed by atoms with E-state index in [9.17, 15) is 9.59 Å². The van der Waals surface area contributed by atoms with Crippen molar-refractivity contribution in [2.75, 3.05) is 5.32 Å². The molecule has 0 bridgehead atoms. The quantitative estimate of drug-likeness (QED) is 0.849. The fraction of sp³-hybridized carbons (Fsp3) is 0.273. The maximum Gasteiger partial charge on any atom is 0.374 e. The number of rotatable bonds is 4. The topological polar surface area (TPSA) is 110 Å². The van der Waals surface area contributed by atoms with Crippen molar-refractivity contribution < 1.29 is 19.2 Å². The van der Waals surface area contributed by atoms with Gasteiger partial charge in [-0.15, -0.1) is 0 Å². The average Bonchev–Trinajstić information content (AvgIpc) is 2.95. The van der Waals surface area contributed by atoms with Gasteiger partial charge in [0.2, 0.25) is 5.76 Å². The van der Waals surface area contributed by atoms with Gasteiger partial charge in [0.1, 0.15) is 0 Å². The predicted molar refractivity (Wildman–Crippen MR) is 64.0 cm³/mol. The maximum atomic E-state index is 11.9. The zero-order chi connectivity index (χ0) is 14.0. The fourth-order valence-corrected chi connectivity index (χ4v) is 1.57. The van der Waals surface area contributed by atoms with Crippen molar-refractivity contribution in [3.8, 4) is 0 Å². The van der Waals surface area contributed by atoms with Gasteiger partial charge >= 0.3 is 5.97 Å². The number of aryl methyl sites for hydroxylation is 2. The zero-order valence-corrected chi connectivity index (χ0v) is 10.4. The molecule has 0 saturated heterocycles. The van der Waals surface area contributed by atoms with E-state index in [0.29, 0.717) is 12.1 Å². The summed E-state index contributed by atoms with van der Waals surface area (Å²) in [6.45, 7) is 1.91. The fourth-order valence-electron chi connectivity index (χ4n) is 1.57. The van der Waals surface area contributed by atoms with E-state index in [4.69, 9.17) is 5.11 Å². The molecule has 0 saturated carbocycles. The molecule has 0 radical (unpaired) electrons. The van der Waals surface area contributed by atoms with Gasteiger partial charge in [-0.05, 0) is 6.42 Å². The minimum Gasteiger partial charge on any atom is -0.475 e. The zero-order valence-electron chi connectivity index (χ0n) is 10.4. The molecule has 0 aliphatic carbocycles. The molecule has 0 aliphatic rings. The number of carbonyl (C=O) groups excluding carboxylic acids is 1. The normalized spacial score (nSPS) is 10.4. The number of anilines is 1. The first-order valence-electron chi connectivity index (χ1n) is 5.55. The Kier molecular flexibility index (Phi) is 3.32. The van der Waals surface area contributed by atoms with Gasteiger partial charge in [0, 0.05) is 19.3 Å². The van der Waals surface area contributed by atoms with E-state index in [1.807, 2.05) is 6.92 Å². The Morgan fingerprint density at radius 3 is 2.84 bits per heavy atom. The minimum atomic E-state index is -1.28. The molecular weight excluding hydrogens is 252 g/mol. The maximum absolute atomic E-state index is 11.9. The van der Waals surface area contributed by atoms with E-state index in [0.717, 1.165) is 11.8 Å². The summed E-state index contributed by atoms with van der Waals surface area (Å²) >= 11 is 0. The highest BCUT2D eigenvalue weighted by Gasteiger charge is 2.18. The summed E-state index contributed by atoms with van der Waals surface area (Å²) in [6, 6.07) is 1.07. The molecule has 8 nitrogen and oxygen atoms in total. The molecule has 0 unspecified atom stereocenters.